The molecule has 2 unspecified atom stereocenters. The van der Waals surface area contributed by atoms with Crippen molar-refractivity contribution in [3.63, 3.8) is 0 Å². The van der Waals surface area contributed by atoms with Crippen LogP contribution in [0.2, 0.25) is 0 Å². The van der Waals surface area contributed by atoms with Gasteiger partial charge in [0.15, 0.2) is 6.29 Å². The highest BCUT2D eigenvalue weighted by Crippen LogP contribution is 2.44. The van der Waals surface area contributed by atoms with Crippen LogP contribution in [0, 0.1) is 0 Å². The fraction of sp³-hybridized carbons (Fsp3) is 0.600. The Labute approximate surface area is 286 Å². The fourth-order valence-electron chi connectivity index (χ4n) is 7.89. The Balaban J connectivity index is 1.04. The molecule has 4 aliphatic rings. The van der Waals surface area contributed by atoms with Gasteiger partial charge in [-0.25, -0.2) is 9.59 Å². The predicted octanol–water partition coefficient (Wildman–Crippen LogP) is 8.32. The molecule has 3 fully saturated rings. The minimum absolute atomic E-state index is 0.0186. The highest BCUT2D eigenvalue weighted by atomic mass is 16.7. The van der Waals surface area contributed by atoms with Crippen molar-refractivity contribution in [1.29, 1.82) is 0 Å². The molecule has 260 valence electrons. The van der Waals surface area contributed by atoms with E-state index in [-0.39, 0.29) is 37.9 Å². The van der Waals surface area contributed by atoms with Crippen LogP contribution in [0.1, 0.15) is 107 Å². The van der Waals surface area contributed by atoms with Crippen LogP contribution in [0.25, 0.3) is 11.1 Å². The SMILES string of the molecule is C=CCOC(=O)[C@@H]1C[C@@H](OC2CCCC(COC3CCCCCCCCCC3)O2)CN1C(=O)OCC1c2ccccc2-c2ccccc21. The lowest BCUT2D eigenvalue weighted by Crippen LogP contribution is -2.42. The fourth-order valence-corrected chi connectivity index (χ4v) is 7.89. The molecule has 48 heavy (non-hydrogen) atoms. The van der Waals surface area contributed by atoms with Crippen LogP contribution in [0.3, 0.4) is 0 Å². The average molecular weight is 660 g/mol. The number of nitrogens with zero attached hydrogens (tertiary/aromatic N) is 1. The van der Waals surface area contributed by atoms with Gasteiger partial charge in [0.2, 0.25) is 0 Å². The highest BCUT2D eigenvalue weighted by molar-refractivity contribution is 5.83. The summed E-state index contributed by atoms with van der Waals surface area (Å²) in [6.45, 7) is 4.72. The van der Waals surface area contributed by atoms with Gasteiger partial charge in [-0.15, -0.1) is 0 Å². The van der Waals surface area contributed by atoms with Crippen molar-refractivity contribution >= 4 is 12.1 Å². The Kier molecular flexibility index (Phi) is 12.6. The third-order valence-electron chi connectivity index (χ3n) is 10.4. The number of hydrogen-bond donors (Lipinski definition) is 0. The normalized spacial score (nSPS) is 25.5. The number of ether oxygens (including phenoxy) is 5. The predicted molar refractivity (Wildman–Crippen MR) is 185 cm³/mol. The van der Waals surface area contributed by atoms with Crippen LogP contribution in [0.5, 0.6) is 0 Å². The number of hydrogen-bond acceptors (Lipinski definition) is 7. The average Bonchev–Trinajstić information content (AvgIpc) is 3.66. The maximum Gasteiger partial charge on any atom is 0.410 e. The van der Waals surface area contributed by atoms with Crippen LogP contribution in [0.15, 0.2) is 61.2 Å². The number of carbonyl (C=O) groups is 2. The lowest BCUT2D eigenvalue weighted by atomic mass is 9.98. The van der Waals surface area contributed by atoms with Crippen molar-refractivity contribution in [2.24, 2.45) is 0 Å². The minimum atomic E-state index is -0.801. The molecular formula is C40H53NO7. The van der Waals surface area contributed by atoms with Crippen molar-refractivity contribution in [2.75, 3.05) is 26.4 Å². The largest absolute Gasteiger partial charge is 0.460 e. The van der Waals surface area contributed by atoms with Crippen LogP contribution in [0.4, 0.5) is 4.79 Å². The third-order valence-corrected chi connectivity index (χ3v) is 10.4. The first-order chi connectivity index (χ1) is 23.6. The summed E-state index contributed by atoms with van der Waals surface area (Å²) in [6.07, 6.45) is 16.2. The topological polar surface area (TPSA) is 83.5 Å². The van der Waals surface area contributed by atoms with Crippen molar-refractivity contribution in [1.82, 2.24) is 4.90 Å². The van der Waals surface area contributed by atoms with E-state index >= 15 is 0 Å². The van der Waals surface area contributed by atoms with E-state index in [0.29, 0.717) is 19.1 Å². The standard InChI is InChI=1S/C40H53NO7/c1-2-24-44-39(42)37-25-31(48-38-23-15-18-30(47-38)27-45-29-16-9-7-5-3-4-6-8-10-17-29)26-41(37)40(43)46-28-36-34-21-13-11-19-32(34)33-20-12-14-22-35(33)36/h2,11-14,19-22,29-31,36-38H,1,3-10,15-18,23-28H2/t30?,31-,37+,38?/m1/s1. The third kappa shape index (κ3) is 8.87. The molecule has 2 aromatic rings. The number of amides is 1. The zero-order valence-electron chi connectivity index (χ0n) is 28.4. The number of rotatable bonds is 10. The van der Waals surface area contributed by atoms with Gasteiger partial charge in [-0.05, 0) is 54.4 Å². The van der Waals surface area contributed by atoms with E-state index < -0.39 is 24.4 Å². The number of esters is 1. The maximum absolute atomic E-state index is 13.6. The first kappa shape index (κ1) is 34.7. The summed E-state index contributed by atoms with van der Waals surface area (Å²) in [6, 6.07) is 15.7. The van der Waals surface area contributed by atoms with Gasteiger partial charge in [0.05, 0.1) is 31.5 Å². The van der Waals surface area contributed by atoms with Gasteiger partial charge in [-0.2, -0.15) is 0 Å². The Morgan fingerprint density at radius 1 is 0.771 bits per heavy atom. The number of likely N-dealkylation sites (tertiary alicyclic amines) is 1. The van der Waals surface area contributed by atoms with Crippen LogP contribution < -0.4 is 0 Å². The second-order valence-electron chi connectivity index (χ2n) is 13.9. The smallest absolute Gasteiger partial charge is 0.410 e. The van der Waals surface area contributed by atoms with Gasteiger partial charge >= 0.3 is 12.1 Å². The Hall–Kier alpha value is -3.20. The molecule has 0 aromatic heterocycles. The second kappa shape index (κ2) is 17.5. The van der Waals surface area contributed by atoms with Gasteiger partial charge < -0.3 is 23.7 Å². The van der Waals surface area contributed by atoms with E-state index in [1.54, 1.807) is 0 Å². The van der Waals surface area contributed by atoms with E-state index in [1.807, 2.05) is 24.3 Å². The molecule has 8 nitrogen and oxygen atoms in total. The number of fused-ring (bicyclic) bond motifs is 3. The number of benzene rings is 2. The first-order valence-electron chi connectivity index (χ1n) is 18.4. The van der Waals surface area contributed by atoms with Gasteiger partial charge in [0.1, 0.15) is 19.3 Å². The molecular weight excluding hydrogens is 606 g/mol. The lowest BCUT2D eigenvalue weighted by Gasteiger charge is -2.32. The van der Waals surface area contributed by atoms with Crippen molar-refractivity contribution in [2.45, 2.75) is 126 Å². The van der Waals surface area contributed by atoms with Crippen LogP contribution in [-0.2, 0) is 28.5 Å². The van der Waals surface area contributed by atoms with Crippen LogP contribution in [-0.4, -0.2) is 74.0 Å². The molecule has 0 bridgehead atoms. The molecule has 1 saturated carbocycles. The lowest BCUT2D eigenvalue weighted by molar-refractivity contribution is -0.224. The van der Waals surface area contributed by atoms with E-state index in [9.17, 15) is 9.59 Å². The molecule has 0 spiro atoms. The summed E-state index contributed by atoms with van der Waals surface area (Å²) in [4.78, 5) is 28.2. The zero-order valence-corrected chi connectivity index (χ0v) is 28.4. The molecule has 8 heteroatoms. The van der Waals surface area contributed by atoms with E-state index in [0.717, 1.165) is 54.4 Å². The maximum atomic E-state index is 13.6. The summed E-state index contributed by atoms with van der Waals surface area (Å²) < 4.78 is 30.6. The Morgan fingerprint density at radius 2 is 1.42 bits per heavy atom. The van der Waals surface area contributed by atoms with Gasteiger partial charge in [0, 0.05) is 12.3 Å². The molecule has 0 radical (unpaired) electrons. The van der Waals surface area contributed by atoms with Gasteiger partial charge in [-0.3, -0.25) is 4.90 Å². The quantitative estimate of drug-likeness (QED) is 0.187. The summed E-state index contributed by atoms with van der Waals surface area (Å²) in [5.41, 5.74) is 4.61. The number of carbonyl (C=O) groups excluding carboxylic acids is 2. The second-order valence-corrected chi connectivity index (χ2v) is 13.9. The molecule has 0 N–H and O–H groups in total. The monoisotopic (exact) mass is 659 g/mol. The Morgan fingerprint density at radius 3 is 2.08 bits per heavy atom. The van der Waals surface area contributed by atoms with E-state index in [2.05, 4.69) is 30.8 Å². The molecule has 6 rings (SSSR count). The summed E-state index contributed by atoms with van der Waals surface area (Å²) in [7, 11) is 0. The zero-order chi connectivity index (χ0) is 33.1. The minimum Gasteiger partial charge on any atom is -0.460 e. The molecule has 2 heterocycles. The Bertz CT molecular complexity index is 1310. The molecule has 2 aromatic carbocycles. The highest BCUT2D eigenvalue weighted by Gasteiger charge is 2.44. The van der Waals surface area contributed by atoms with E-state index in [4.69, 9.17) is 23.7 Å². The van der Waals surface area contributed by atoms with E-state index in [1.165, 1.54) is 62.3 Å². The first-order valence-corrected chi connectivity index (χ1v) is 18.4. The van der Waals surface area contributed by atoms with Crippen LogP contribution >= 0.6 is 0 Å². The molecule has 2 saturated heterocycles. The van der Waals surface area contributed by atoms with Gasteiger partial charge in [-0.1, -0.05) is 113 Å². The molecule has 1 amide bonds. The van der Waals surface area contributed by atoms with Gasteiger partial charge in [0.25, 0.3) is 0 Å². The van der Waals surface area contributed by atoms with Crippen molar-refractivity contribution < 1.29 is 33.3 Å². The summed E-state index contributed by atoms with van der Waals surface area (Å²) >= 11 is 0. The summed E-state index contributed by atoms with van der Waals surface area (Å²) in [5, 5.41) is 0. The molecule has 2 aliphatic heterocycles. The van der Waals surface area contributed by atoms with Crippen molar-refractivity contribution in [3.8, 4) is 11.1 Å². The molecule has 2 aliphatic carbocycles. The molecule has 4 atom stereocenters. The summed E-state index contributed by atoms with van der Waals surface area (Å²) in [5.74, 6) is -0.551. The van der Waals surface area contributed by atoms with Crippen molar-refractivity contribution in [3.05, 3.63) is 72.3 Å².